The summed E-state index contributed by atoms with van der Waals surface area (Å²) in [4.78, 5) is 11.2. The first kappa shape index (κ1) is 13.6. The molecule has 0 fully saturated rings. The van der Waals surface area contributed by atoms with Gasteiger partial charge in [-0.1, -0.05) is 51.9 Å². The summed E-state index contributed by atoms with van der Waals surface area (Å²) in [6.45, 7) is 1.63. The lowest BCUT2D eigenvalue weighted by atomic mass is 10.2. The van der Waals surface area contributed by atoms with Crippen LogP contribution in [0, 0.1) is 0 Å². The Morgan fingerprint density at radius 3 is 2.56 bits per heavy atom. The van der Waals surface area contributed by atoms with Gasteiger partial charge < -0.3 is 5.32 Å². The number of ketones is 1. The van der Waals surface area contributed by atoms with Crippen LogP contribution in [0.4, 0.5) is 0 Å². The fraction of sp³-hybridized carbons (Fsp3) is 0.417. The van der Waals surface area contributed by atoms with E-state index in [1.54, 1.807) is 28.5 Å². The molecular weight excluding hydrogens is 238 g/mol. The molecule has 0 heterocycles. The molecule has 16 heavy (non-hydrogen) atoms. The first-order chi connectivity index (χ1) is 7.74. The first-order valence-electron chi connectivity index (χ1n) is 5.20. The van der Waals surface area contributed by atoms with Crippen LogP contribution in [0.2, 0.25) is 0 Å². The van der Waals surface area contributed by atoms with Crippen molar-refractivity contribution in [2.45, 2.75) is 18.7 Å². The van der Waals surface area contributed by atoms with E-state index < -0.39 is 0 Å². The molecule has 0 aliphatic rings. The van der Waals surface area contributed by atoms with Crippen molar-refractivity contribution in [3.8, 4) is 0 Å². The predicted molar refractivity (Wildman–Crippen MR) is 73.7 cm³/mol. The fourth-order valence-electron chi connectivity index (χ4n) is 1.20. The van der Waals surface area contributed by atoms with Crippen LogP contribution in [0.3, 0.4) is 0 Å². The minimum atomic E-state index is -0.0201. The summed E-state index contributed by atoms with van der Waals surface area (Å²) in [6, 6.07) is 10.3. The molecule has 4 heteroatoms. The van der Waals surface area contributed by atoms with E-state index in [0.29, 0.717) is 0 Å². The molecule has 88 valence electrons. The van der Waals surface area contributed by atoms with Crippen LogP contribution in [-0.4, -0.2) is 24.6 Å². The zero-order chi connectivity index (χ0) is 11.8. The maximum atomic E-state index is 11.2. The van der Waals surface area contributed by atoms with Crippen LogP contribution < -0.4 is 5.32 Å². The summed E-state index contributed by atoms with van der Waals surface area (Å²) in [5, 5.41) is 3.02. The van der Waals surface area contributed by atoms with Gasteiger partial charge in [0, 0.05) is 11.5 Å². The third-order valence-electron chi connectivity index (χ3n) is 2.23. The quantitative estimate of drug-likeness (QED) is 0.599. The van der Waals surface area contributed by atoms with Crippen molar-refractivity contribution in [1.82, 2.24) is 5.32 Å². The predicted octanol–water partition coefficient (Wildman–Crippen LogP) is 2.75. The second kappa shape index (κ2) is 7.76. The van der Waals surface area contributed by atoms with Gasteiger partial charge in [0.25, 0.3) is 0 Å². The molecule has 1 unspecified atom stereocenters. The minimum absolute atomic E-state index is 0.0201. The summed E-state index contributed by atoms with van der Waals surface area (Å²) < 4.78 is 0. The average molecular weight is 255 g/mol. The lowest BCUT2D eigenvalue weighted by Crippen LogP contribution is -2.34. The Balaban J connectivity index is 2.19. The average Bonchev–Trinajstić information content (AvgIpc) is 2.30. The SMILES string of the molecule is CNC(CSSCc1ccccc1)C(C)=O. The van der Waals surface area contributed by atoms with Crippen molar-refractivity contribution in [1.29, 1.82) is 0 Å². The lowest BCUT2D eigenvalue weighted by Gasteiger charge is -2.11. The van der Waals surface area contributed by atoms with Gasteiger partial charge in [0.05, 0.1) is 6.04 Å². The number of likely N-dealkylation sites (N-methyl/N-ethyl adjacent to an activating group) is 1. The molecule has 0 aliphatic carbocycles. The molecule has 1 rings (SSSR count). The molecule has 0 saturated heterocycles. The molecule has 0 amide bonds. The highest BCUT2D eigenvalue weighted by Crippen LogP contribution is 2.26. The van der Waals surface area contributed by atoms with E-state index in [-0.39, 0.29) is 11.8 Å². The van der Waals surface area contributed by atoms with Crippen LogP contribution >= 0.6 is 21.6 Å². The highest BCUT2D eigenvalue weighted by molar-refractivity contribution is 8.76. The van der Waals surface area contributed by atoms with Gasteiger partial charge in [0.15, 0.2) is 0 Å². The Kier molecular flexibility index (Phi) is 6.61. The van der Waals surface area contributed by atoms with Gasteiger partial charge in [-0.05, 0) is 19.5 Å². The van der Waals surface area contributed by atoms with E-state index >= 15 is 0 Å². The topological polar surface area (TPSA) is 29.1 Å². The van der Waals surface area contributed by atoms with E-state index in [2.05, 4.69) is 17.4 Å². The summed E-state index contributed by atoms with van der Waals surface area (Å²) in [7, 11) is 5.36. The number of carbonyl (C=O) groups excluding carboxylic acids is 1. The summed E-state index contributed by atoms with van der Waals surface area (Å²) in [5.41, 5.74) is 1.32. The number of Topliss-reactive ketones (excluding diaryl/α,β-unsaturated/α-hetero) is 1. The highest BCUT2D eigenvalue weighted by Gasteiger charge is 2.10. The highest BCUT2D eigenvalue weighted by atomic mass is 33.1. The van der Waals surface area contributed by atoms with E-state index in [1.165, 1.54) is 5.56 Å². The zero-order valence-electron chi connectivity index (χ0n) is 9.60. The van der Waals surface area contributed by atoms with E-state index in [0.717, 1.165) is 11.5 Å². The van der Waals surface area contributed by atoms with Gasteiger partial charge in [0.2, 0.25) is 0 Å². The van der Waals surface area contributed by atoms with Crippen LogP contribution in [0.25, 0.3) is 0 Å². The summed E-state index contributed by atoms with van der Waals surface area (Å²) in [6.07, 6.45) is 0. The number of rotatable bonds is 7. The van der Waals surface area contributed by atoms with Crippen molar-refractivity contribution < 1.29 is 4.79 Å². The number of nitrogens with one attached hydrogen (secondary N) is 1. The van der Waals surface area contributed by atoms with Gasteiger partial charge in [0.1, 0.15) is 5.78 Å². The third kappa shape index (κ3) is 5.05. The molecule has 1 N–H and O–H groups in total. The van der Waals surface area contributed by atoms with E-state index in [1.807, 2.05) is 25.2 Å². The van der Waals surface area contributed by atoms with Crippen molar-refractivity contribution in [3.05, 3.63) is 35.9 Å². The Morgan fingerprint density at radius 2 is 2.00 bits per heavy atom. The van der Waals surface area contributed by atoms with Gasteiger partial charge in [-0.25, -0.2) is 0 Å². The molecule has 0 bridgehead atoms. The number of carbonyl (C=O) groups is 1. The number of hydrogen-bond donors (Lipinski definition) is 1. The maximum Gasteiger partial charge on any atom is 0.147 e. The maximum absolute atomic E-state index is 11.2. The standard InChI is InChI=1S/C12H17NOS2/c1-10(14)12(13-2)9-16-15-8-11-6-4-3-5-7-11/h3-7,12-13H,8-9H2,1-2H3. The molecule has 1 aromatic carbocycles. The summed E-state index contributed by atoms with van der Waals surface area (Å²) >= 11 is 0. The monoisotopic (exact) mass is 255 g/mol. The molecule has 0 spiro atoms. The first-order valence-corrected chi connectivity index (χ1v) is 7.69. The van der Waals surface area contributed by atoms with Crippen molar-refractivity contribution >= 4 is 27.4 Å². The largest absolute Gasteiger partial charge is 0.310 e. The Morgan fingerprint density at radius 1 is 1.31 bits per heavy atom. The molecule has 0 saturated carbocycles. The van der Waals surface area contributed by atoms with Crippen LogP contribution in [0.15, 0.2) is 30.3 Å². The summed E-state index contributed by atoms with van der Waals surface area (Å²) in [5.74, 6) is 2.01. The molecule has 1 atom stereocenters. The van der Waals surface area contributed by atoms with E-state index in [9.17, 15) is 4.79 Å². The van der Waals surface area contributed by atoms with Crippen molar-refractivity contribution in [3.63, 3.8) is 0 Å². The molecule has 1 aromatic rings. The smallest absolute Gasteiger partial charge is 0.147 e. The molecule has 0 radical (unpaired) electrons. The van der Waals surface area contributed by atoms with Gasteiger partial charge in [-0.15, -0.1) is 0 Å². The molecular formula is C12H17NOS2. The van der Waals surface area contributed by atoms with Crippen LogP contribution in [-0.2, 0) is 10.5 Å². The molecule has 2 nitrogen and oxygen atoms in total. The van der Waals surface area contributed by atoms with Crippen molar-refractivity contribution in [2.75, 3.05) is 12.8 Å². The zero-order valence-corrected chi connectivity index (χ0v) is 11.2. The van der Waals surface area contributed by atoms with Crippen LogP contribution in [0.1, 0.15) is 12.5 Å². The van der Waals surface area contributed by atoms with Gasteiger partial charge in [-0.3, -0.25) is 4.79 Å². The minimum Gasteiger partial charge on any atom is -0.310 e. The second-order valence-electron chi connectivity index (χ2n) is 3.48. The number of hydrogen-bond acceptors (Lipinski definition) is 4. The molecule has 0 aliphatic heterocycles. The van der Waals surface area contributed by atoms with Crippen molar-refractivity contribution in [2.24, 2.45) is 0 Å². The fourth-order valence-corrected chi connectivity index (χ4v) is 3.60. The van der Waals surface area contributed by atoms with E-state index in [4.69, 9.17) is 0 Å². The Bertz CT molecular complexity index is 316. The Labute approximate surface area is 105 Å². The molecule has 0 aromatic heterocycles. The van der Waals surface area contributed by atoms with Crippen LogP contribution in [0.5, 0.6) is 0 Å². The second-order valence-corrected chi connectivity index (χ2v) is 5.99. The normalized spacial score (nSPS) is 12.4. The lowest BCUT2D eigenvalue weighted by molar-refractivity contribution is -0.118. The third-order valence-corrected chi connectivity index (χ3v) is 4.57. The van der Waals surface area contributed by atoms with Gasteiger partial charge >= 0.3 is 0 Å². The van der Waals surface area contributed by atoms with Gasteiger partial charge in [-0.2, -0.15) is 0 Å². The Hall–Kier alpha value is -0.450. The number of benzene rings is 1.